The van der Waals surface area contributed by atoms with Crippen LogP contribution in [0.4, 0.5) is 10.1 Å². The van der Waals surface area contributed by atoms with Crippen LogP contribution in [-0.2, 0) is 20.9 Å². The van der Waals surface area contributed by atoms with Gasteiger partial charge in [-0.25, -0.2) is 9.18 Å². The predicted octanol–water partition coefficient (Wildman–Crippen LogP) is 3.31. The molecule has 11 heteroatoms. The summed E-state index contributed by atoms with van der Waals surface area (Å²) in [6, 6.07) is 9.01. The number of methoxy groups -OCH3 is 1. The molecule has 196 valence electrons. The number of nitrogens with zero attached hydrogens (tertiary/aromatic N) is 1. The molecule has 0 bridgehead atoms. The van der Waals surface area contributed by atoms with Crippen molar-refractivity contribution in [3.05, 3.63) is 72.4 Å². The van der Waals surface area contributed by atoms with E-state index in [1.807, 2.05) is 13.8 Å². The Hall–Kier alpha value is -3.63. The second-order valence-corrected chi connectivity index (χ2v) is 9.48. The quantitative estimate of drug-likeness (QED) is 0.412. The van der Waals surface area contributed by atoms with Crippen LogP contribution in [-0.4, -0.2) is 36.3 Å². The van der Waals surface area contributed by atoms with Gasteiger partial charge in [0, 0.05) is 5.02 Å². The van der Waals surface area contributed by atoms with Gasteiger partial charge in [-0.3, -0.25) is 14.2 Å². The number of carbonyl (C=O) groups excluding carboxylic acids is 2. The summed E-state index contributed by atoms with van der Waals surface area (Å²) in [6.45, 7) is 5.13. The zero-order valence-corrected chi connectivity index (χ0v) is 22.2. The fourth-order valence-electron chi connectivity index (χ4n) is 3.28. The minimum atomic E-state index is -0.718. The standard InChI is InChI=1S/C26H26ClFN2O6S/c1-5-35-25(32)13-24-30(14-23(31)29-19-8-7-17(27)12-18(19)28)26(33)22(37-24)11-16-6-9-20(36-15(2)3)21(10-16)34-4/h6-13,15H,5,14H2,1-4H3,(H,29,31)/b22-11-,24-13+. The van der Waals surface area contributed by atoms with Gasteiger partial charge in [0.15, 0.2) is 11.5 Å². The van der Waals surface area contributed by atoms with Crippen molar-refractivity contribution < 1.29 is 28.2 Å². The van der Waals surface area contributed by atoms with Gasteiger partial charge in [0.25, 0.3) is 5.56 Å². The van der Waals surface area contributed by atoms with Crippen LogP contribution in [0.3, 0.4) is 0 Å². The summed E-state index contributed by atoms with van der Waals surface area (Å²) in [5, 5.41) is 2.59. The highest BCUT2D eigenvalue weighted by Gasteiger charge is 2.14. The Kier molecular flexibility index (Phi) is 9.48. The van der Waals surface area contributed by atoms with Gasteiger partial charge in [0.2, 0.25) is 5.91 Å². The van der Waals surface area contributed by atoms with Gasteiger partial charge in [0.1, 0.15) is 17.0 Å². The van der Waals surface area contributed by atoms with E-state index in [-0.39, 0.29) is 32.6 Å². The van der Waals surface area contributed by atoms with Crippen molar-refractivity contribution in [2.24, 2.45) is 0 Å². The molecule has 2 aromatic carbocycles. The van der Waals surface area contributed by atoms with Crippen molar-refractivity contribution in [1.82, 2.24) is 4.57 Å². The van der Waals surface area contributed by atoms with E-state index in [2.05, 4.69) is 5.32 Å². The number of anilines is 1. The van der Waals surface area contributed by atoms with Gasteiger partial charge in [-0.2, -0.15) is 0 Å². The topological polar surface area (TPSA) is 95.9 Å². The van der Waals surface area contributed by atoms with Gasteiger partial charge >= 0.3 is 5.97 Å². The van der Waals surface area contributed by atoms with Gasteiger partial charge < -0.3 is 19.5 Å². The Morgan fingerprint density at radius 2 is 1.95 bits per heavy atom. The summed E-state index contributed by atoms with van der Waals surface area (Å²) in [4.78, 5) is 38.0. The summed E-state index contributed by atoms with van der Waals surface area (Å²) in [7, 11) is 1.51. The molecule has 1 N–H and O–H groups in total. The molecule has 0 radical (unpaired) electrons. The molecule has 1 heterocycles. The van der Waals surface area contributed by atoms with Crippen molar-refractivity contribution in [2.45, 2.75) is 33.4 Å². The number of esters is 1. The number of nitrogens with one attached hydrogen (secondary N) is 1. The normalized spacial score (nSPS) is 12.1. The van der Waals surface area contributed by atoms with E-state index in [4.69, 9.17) is 25.8 Å². The molecule has 3 rings (SSSR count). The first-order chi connectivity index (χ1) is 17.6. The molecule has 0 aliphatic carbocycles. The first kappa shape index (κ1) is 27.9. The van der Waals surface area contributed by atoms with Crippen LogP contribution in [0.1, 0.15) is 26.3 Å². The largest absolute Gasteiger partial charge is 0.493 e. The number of aromatic nitrogens is 1. The molecule has 3 aromatic rings. The van der Waals surface area contributed by atoms with Gasteiger partial charge in [-0.1, -0.05) is 17.7 Å². The molecule has 0 spiro atoms. The second kappa shape index (κ2) is 12.6. The summed E-state index contributed by atoms with van der Waals surface area (Å²) in [6.07, 6.45) is 2.70. The molecule has 37 heavy (non-hydrogen) atoms. The lowest BCUT2D eigenvalue weighted by molar-refractivity contribution is -0.135. The smallest absolute Gasteiger partial charge is 0.333 e. The van der Waals surface area contributed by atoms with Gasteiger partial charge in [0.05, 0.1) is 36.1 Å². The lowest BCUT2D eigenvalue weighted by Gasteiger charge is -2.13. The number of halogens is 2. The molecular weight excluding hydrogens is 523 g/mol. The predicted molar refractivity (Wildman–Crippen MR) is 141 cm³/mol. The van der Waals surface area contributed by atoms with Crippen LogP contribution in [0, 0.1) is 5.82 Å². The number of benzene rings is 2. The summed E-state index contributed by atoms with van der Waals surface area (Å²) in [5.41, 5.74) is 0.0544. The number of carbonyl (C=O) groups is 2. The Labute approximate surface area is 221 Å². The zero-order valence-electron chi connectivity index (χ0n) is 20.7. The van der Waals surface area contributed by atoms with Crippen molar-refractivity contribution in [1.29, 1.82) is 0 Å². The van der Waals surface area contributed by atoms with E-state index >= 15 is 0 Å². The maximum atomic E-state index is 14.1. The summed E-state index contributed by atoms with van der Waals surface area (Å²) in [5.74, 6) is -1.000. The molecular formula is C26H26ClFN2O6S. The van der Waals surface area contributed by atoms with E-state index in [1.165, 1.54) is 19.2 Å². The molecule has 0 aliphatic rings. The summed E-state index contributed by atoms with van der Waals surface area (Å²) >= 11 is 6.77. The molecule has 1 aromatic heterocycles. The third-order valence-corrected chi connectivity index (χ3v) is 6.11. The minimum Gasteiger partial charge on any atom is -0.493 e. The van der Waals surface area contributed by atoms with Crippen molar-refractivity contribution in [3.8, 4) is 11.5 Å². The van der Waals surface area contributed by atoms with Gasteiger partial charge in [-0.05, 0) is 62.7 Å². The number of rotatable bonds is 9. The molecule has 0 atom stereocenters. The SMILES string of the molecule is CCOC(=O)/C=c1/s/c(=C\c2ccc(OC(C)C)c(OC)c2)c(=O)n1CC(=O)Nc1ccc(Cl)cc1F. The number of hydrogen-bond acceptors (Lipinski definition) is 7. The number of thiazole rings is 1. The molecule has 8 nitrogen and oxygen atoms in total. The number of hydrogen-bond donors (Lipinski definition) is 1. The van der Waals surface area contributed by atoms with Crippen molar-refractivity contribution in [3.63, 3.8) is 0 Å². The lowest BCUT2D eigenvalue weighted by atomic mass is 10.2. The monoisotopic (exact) mass is 548 g/mol. The van der Waals surface area contributed by atoms with Crippen LogP contribution in [0.5, 0.6) is 11.5 Å². The van der Waals surface area contributed by atoms with E-state index < -0.39 is 29.8 Å². The molecule has 0 fully saturated rings. The van der Waals surface area contributed by atoms with Gasteiger partial charge in [-0.15, -0.1) is 11.3 Å². The molecule has 0 aliphatic heterocycles. The Balaban J connectivity index is 2.02. The number of amides is 1. The highest BCUT2D eigenvalue weighted by Crippen LogP contribution is 2.29. The third-order valence-electron chi connectivity index (χ3n) is 4.82. The van der Waals surface area contributed by atoms with Crippen molar-refractivity contribution >= 4 is 52.7 Å². The van der Waals surface area contributed by atoms with Crippen LogP contribution in [0.15, 0.2) is 41.2 Å². The van der Waals surface area contributed by atoms with Crippen LogP contribution >= 0.6 is 22.9 Å². The van der Waals surface area contributed by atoms with E-state index in [1.54, 1.807) is 31.2 Å². The Bertz CT molecular complexity index is 1480. The fourth-order valence-corrected chi connectivity index (χ4v) is 4.47. The summed E-state index contributed by atoms with van der Waals surface area (Å²) < 4.78 is 31.8. The average Bonchev–Trinajstić information content (AvgIpc) is 3.10. The molecule has 0 unspecified atom stereocenters. The average molecular weight is 549 g/mol. The van der Waals surface area contributed by atoms with Crippen molar-refractivity contribution in [2.75, 3.05) is 19.0 Å². The maximum Gasteiger partial charge on any atom is 0.333 e. The van der Waals surface area contributed by atoms with E-state index in [9.17, 15) is 18.8 Å². The maximum absolute atomic E-state index is 14.1. The van der Waals surface area contributed by atoms with E-state index in [0.717, 1.165) is 28.0 Å². The Morgan fingerprint density at radius 1 is 1.19 bits per heavy atom. The minimum absolute atomic E-state index is 0.0540. The molecule has 0 saturated heterocycles. The first-order valence-electron chi connectivity index (χ1n) is 11.3. The van der Waals surface area contributed by atoms with Crippen LogP contribution in [0.2, 0.25) is 5.02 Å². The number of ether oxygens (including phenoxy) is 3. The second-order valence-electron chi connectivity index (χ2n) is 7.99. The molecule has 0 saturated carbocycles. The Morgan fingerprint density at radius 3 is 2.59 bits per heavy atom. The highest BCUT2D eigenvalue weighted by atomic mass is 35.5. The highest BCUT2D eigenvalue weighted by molar-refractivity contribution is 7.07. The first-order valence-corrected chi connectivity index (χ1v) is 12.5. The van der Waals surface area contributed by atoms with E-state index in [0.29, 0.717) is 17.1 Å². The lowest BCUT2D eigenvalue weighted by Crippen LogP contribution is -2.36. The van der Waals surface area contributed by atoms with Crippen LogP contribution in [0.25, 0.3) is 12.2 Å². The van der Waals surface area contributed by atoms with Crippen LogP contribution < -0.4 is 29.5 Å². The third kappa shape index (κ3) is 7.43. The zero-order chi connectivity index (χ0) is 27.1. The fraction of sp³-hybridized carbons (Fsp3) is 0.269. The molecule has 1 amide bonds.